The van der Waals surface area contributed by atoms with Gasteiger partial charge in [-0.25, -0.2) is 13.1 Å². The topological polar surface area (TPSA) is 195 Å². The molecule has 0 radical (unpaired) electrons. The molecule has 222 valence electrons. The summed E-state index contributed by atoms with van der Waals surface area (Å²) in [5.74, 6) is -0.740. The number of allylic oxidation sites excluding steroid dienone is 4. The third-order valence-electron chi connectivity index (χ3n) is 7.03. The van der Waals surface area contributed by atoms with Gasteiger partial charge in [0, 0.05) is 6.54 Å². The van der Waals surface area contributed by atoms with Crippen LogP contribution in [0.4, 0.5) is 0 Å². The van der Waals surface area contributed by atoms with Crippen LogP contribution in [0.1, 0.15) is 25.7 Å². The predicted molar refractivity (Wildman–Crippen MR) is 157 cm³/mol. The second-order valence-electron chi connectivity index (χ2n) is 9.73. The smallest absolute Gasteiger partial charge is 0.320 e. The quantitative estimate of drug-likeness (QED) is 0.116. The predicted octanol–water partition coefficient (Wildman–Crippen LogP) is 1.69. The lowest BCUT2D eigenvalue weighted by molar-refractivity contribution is -0.140. The molecule has 0 saturated heterocycles. The number of hydrogen-bond donors (Lipinski definition) is 5. The standard InChI is InChI=1S/C28H37N5O7S/c1-31-22(26(35)36)17-28(11-5-4-6-12-28)25(34)21(8-7-13-32-27(29)30)33-41(37,38)20-10-9-18-15-23(39-2)24(40-3)16-19(18)14-20/h4-6,9-11,14-16,21-22,31,33H,7-8,12-13,17H2,1-3H3,(H,35,36)(H4,29,30,32)/t21-,22-,28?/m0/s1. The van der Waals surface area contributed by atoms with Gasteiger partial charge >= 0.3 is 5.97 Å². The molecule has 1 aliphatic carbocycles. The summed E-state index contributed by atoms with van der Waals surface area (Å²) in [7, 11) is 0.291. The van der Waals surface area contributed by atoms with Gasteiger partial charge in [-0.1, -0.05) is 30.4 Å². The molecule has 0 aliphatic heterocycles. The number of nitrogens with one attached hydrogen (secondary N) is 2. The zero-order valence-electron chi connectivity index (χ0n) is 23.3. The molecular weight excluding hydrogens is 550 g/mol. The van der Waals surface area contributed by atoms with Gasteiger partial charge in [-0.3, -0.25) is 14.6 Å². The molecule has 13 heteroatoms. The SMILES string of the molecule is CN[C@@H](CC1(C(=O)[C@H](CCCN=C(N)N)NS(=O)(=O)c2ccc3cc(OC)c(OC)cc3c2)C=CC=CC1)C(=O)O. The minimum atomic E-state index is -4.20. The fraction of sp³-hybridized carbons (Fsp3) is 0.393. The van der Waals surface area contributed by atoms with Gasteiger partial charge in [-0.2, -0.15) is 0 Å². The Labute approximate surface area is 239 Å². The largest absolute Gasteiger partial charge is 0.493 e. The second kappa shape index (κ2) is 13.6. The molecule has 1 unspecified atom stereocenters. The van der Waals surface area contributed by atoms with Crippen LogP contribution in [0.2, 0.25) is 0 Å². The van der Waals surface area contributed by atoms with Crippen molar-refractivity contribution >= 4 is 38.5 Å². The minimum absolute atomic E-state index is 0.0500. The average molecular weight is 588 g/mol. The molecular formula is C28H37N5O7S. The van der Waals surface area contributed by atoms with E-state index in [1.807, 2.05) is 0 Å². The number of carbonyl (C=O) groups is 2. The summed E-state index contributed by atoms with van der Waals surface area (Å²) in [6.07, 6.45) is 7.39. The van der Waals surface area contributed by atoms with Gasteiger partial charge in [0.1, 0.15) is 6.04 Å². The van der Waals surface area contributed by atoms with Crippen molar-refractivity contribution in [1.29, 1.82) is 0 Å². The molecule has 7 N–H and O–H groups in total. The van der Waals surface area contributed by atoms with E-state index in [1.165, 1.54) is 33.4 Å². The molecule has 0 bridgehead atoms. The summed E-state index contributed by atoms with van der Waals surface area (Å²) in [6, 6.07) is 5.77. The van der Waals surface area contributed by atoms with E-state index in [2.05, 4.69) is 15.0 Å². The van der Waals surface area contributed by atoms with E-state index in [4.69, 9.17) is 20.9 Å². The number of Topliss-reactive ketones (excluding diaryl/α,β-unsaturated/α-hetero) is 1. The number of hydrogen-bond acceptors (Lipinski definition) is 8. The number of carboxylic acids is 1. The monoisotopic (exact) mass is 587 g/mol. The van der Waals surface area contributed by atoms with Crippen LogP contribution in [0, 0.1) is 5.41 Å². The number of likely N-dealkylation sites (N-methyl/N-ethyl adjacent to an activating group) is 1. The van der Waals surface area contributed by atoms with Gasteiger partial charge in [-0.15, -0.1) is 0 Å². The molecule has 1 aliphatic rings. The normalized spacial score (nSPS) is 18.0. The number of rotatable bonds is 15. The molecule has 0 aromatic heterocycles. The lowest BCUT2D eigenvalue weighted by Crippen LogP contribution is -2.51. The van der Waals surface area contributed by atoms with Crippen LogP contribution in [0.3, 0.4) is 0 Å². The van der Waals surface area contributed by atoms with Crippen LogP contribution < -0.4 is 31.0 Å². The highest BCUT2D eigenvalue weighted by Crippen LogP contribution is 2.37. The maximum atomic E-state index is 14.1. The fourth-order valence-corrected chi connectivity index (χ4v) is 6.11. The van der Waals surface area contributed by atoms with E-state index in [1.54, 1.807) is 42.5 Å². The highest BCUT2D eigenvalue weighted by atomic mass is 32.2. The number of aliphatic imine (C=N–C) groups is 1. The lowest BCUT2D eigenvalue weighted by Gasteiger charge is -2.35. The fourth-order valence-electron chi connectivity index (χ4n) is 4.85. The van der Waals surface area contributed by atoms with Gasteiger partial charge < -0.3 is 31.4 Å². The summed E-state index contributed by atoms with van der Waals surface area (Å²) in [5, 5.41) is 13.7. The van der Waals surface area contributed by atoms with Crippen molar-refractivity contribution in [1.82, 2.24) is 10.0 Å². The molecule has 41 heavy (non-hydrogen) atoms. The first kappa shape index (κ1) is 31.6. The summed E-state index contributed by atoms with van der Waals surface area (Å²) in [6.45, 7) is 0.183. The maximum absolute atomic E-state index is 14.1. The number of ether oxygens (including phenoxy) is 2. The van der Waals surface area contributed by atoms with Crippen LogP contribution in [-0.2, 0) is 19.6 Å². The second-order valence-corrected chi connectivity index (χ2v) is 11.4. The average Bonchev–Trinajstić information content (AvgIpc) is 2.96. The first-order chi connectivity index (χ1) is 19.5. The van der Waals surface area contributed by atoms with E-state index < -0.39 is 39.3 Å². The Morgan fingerprint density at radius 1 is 1.07 bits per heavy atom. The maximum Gasteiger partial charge on any atom is 0.320 e. The number of benzene rings is 2. The van der Waals surface area contributed by atoms with E-state index >= 15 is 0 Å². The molecule has 0 spiro atoms. The van der Waals surface area contributed by atoms with Crippen LogP contribution in [0.25, 0.3) is 10.8 Å². The molecule has 0 saturated carbocycles. The molecule has 0 fully saturated rings. The van der Waals surface area contributed by atoms with Gasteiger partial charge in [0.05, 0.1) is 30.6 Å². The summed E-state index contributed by atoms with van der Waals surface area (Å²) < 4.78 is 40.6. The highest BCUT2D eigenvalue weighted by molar-refractivity contribution is 7.89. The number of nitrogens with zero attached hydrogens (tertiary/aromatic N) is 1. The lowest BCUT2D eigenvalue weighted by atomic mass is 9.70. The molecule has 0 heterocycles. The first-order valence-electron chi connectivity index (χ1n) is 13.0. The van der Waals surface area contributed by atoms with Crippen LogP contribution in [-0.4, -0.2) is 71.1 Å². The summed E-state index contributed by atoms with van der Waals surface area (Å²) in [4.78, 5) is 29.9. The van der Waals surface area contributed by atoms with Crippen molar-refractivity contribution in [3.05, 3.63) is 54.6 Å². The minimum Gasteiger partial charge on any atom is -0.493 e. The zero-order chi connectivity index (χ0) is 30.2. The van der Waals surface area contributed by atoms with E-state index in [0.29, 0.717) is 23.3 Å². The number of nitrogens with two attached hydrogens (primary N) is 2. The number of carbonyl (C=O) groups excluding carboxylic acids is 1. The third-order valence-corrected chi connectivity index (χ3v) is 8.50. The number of sulfonamides is 1. The number of guanidine groups is 1. The van der Waals surface area contributed by atoms with Crippen molar-refractivity contribution in [2.75, 3.05) is 27.8 Å². The number of aliphatic carboxylic acids is 1. The Morgan fingerprint density at radius 2 is 1.76 bits per heavy atom. The number of carboxylic acid groups (broad SMARTS) is 1. The summed E-state index contributed by atoms with van der Waals surface area (Å²) in [5.41, 5.74) is 9.59. The number of methoxy groups -OCH3 is 2. The Hall–Kier alpha value is -3.94. The Balaban J connectivity index is 2.00. The van der Waals surface area contributed by atoms with Gasteiger partial charge in [0.25, 0.3) is 0 Å². The summed E-state index contributed by atoms with van der Waals surface area (Å²) >= 11 is 0. The first-order valence-corrected chi connectivity index (χ1v) is 14.5. The van der Waals surface area contributed by atoms with Gasteiger partial charge in [-0.05, 0) is 67.8 Å². The van der Waals surface area contributed by atoms with Crippen molar-refractivity contribution in [2.45, 2.75) is 42.7 Å². The number of ketones is 1. The van der Waals surface area contributed by atoms with E-state index in [9.17, 15) is 23.1 Å². The molecule has 0 amide bonds. The van der Waals surface area contributed by atoms with E-state index in [-0.39, 0.29) is 36.7 Å². The Kier molecular flexibility index (Phi) is 10.5. The number of fused-ring (bicyclic) bond motifs is 1. The van der Waals surface area contributed by atoms with Crippen molar-refractivity contribution in [3.63, 3.8) is 0 Å². The molecule has 2 aromatic rings. The highest BCUT2D eigenvalue weighted by Gasteiger charge is 2.43. The van der Waals surface area contributed by atoms with Crippen LogP contribution in [0.15, 0.2) is 64.5 Å². The van der Waals surface area contributed by atoms with Crippen molar-refractivity contribution in [3.8, 4) is 11.5 Å². The van der Waals surface area contributed by atoms with Crippen LogP contribution >= 0.6 is 0 Å². The van der Waals surface area contributed by atoms with E-state index in [0.717, 1.165) is 5.39 Å². The zero-order valence-corrected chi connectivity index (χ0v) is 24.1. The van der Waals surface area contributed by atoms with Crippen molar-refractivity contribution in [2.24, 2.45) is 21.9 Å². The van der Waals surface area contributed by atoms with Gasteiger partial charge in [0.15, 0.2) is 23.2 Å². The molecule has 12 nitrogen and oxygen atoms in total. The molecule has 3 rings (SSSR count). The molecule has 3 atom stereocenters. The Morgan fingerprint density at radius 3 is 2.32 bits per heavy atom. The van der Waals surface area contributed by atoms with Gasteiger partial charge in [0.2, 0.25) is 10.0 Å². The molecule has 2 aromatic carbocycles. The Bertz CT molecular complexity index is 1470. The van der Waals surface area contributed by atoms with Crippen LogP contribution in [0.5, 0.6) is 11.5 Å². The third kappa shape index (κ3) is 7.63. The van der Waals surface area contributed by atoms with Crippen molar-refractivity contribution < 1.29 is 32.6 Å².